The second kappa shape index (κ2) is 8.29. The van der Waals surface area contributed by atoms with E-state index in [2.05, 4.69) is 10.6 Å². The summed E-state index contributed by atoms with van der Waals surface area (Å²) in [7, 11) is 0. The molecule has 0 aliphatic heterocycles. The maximum absolute atomic E-state index is 12.8. The molecule has 2 N–H and O–H groups in total. The standard InChI is InChI=1S/C17H16ClFN2O2/c18-15-4-2-1-3-14(15)17(23)21-10-9-20-16(22)11-12-5-7-13(19)8-6-12/h1-8H,9-11H2,(H,20,22)(H,21,23). The van der Waals surface area contributed by atoms with E-state index >= 15 is 0 Å². The molecule has 4 nitrogen and oxygen atoms in total. The van der Waals surface area contributed by atoms with Crippen LogP contribution in [0.15, 0.2) is 48.5 Å². The van der Waals surface area contributed by atoms with Crippen molar-refractivity contribution in [2.75, 3.05) is 13.1 Å². The quantitative estimate of drug-likeness (QED) is 0.798. The van der Waals surface area contributed by atoms with E-state index < -0.39 is 0 Å². The number of benzene rings is 2. The van der Waals surface area contributed by atoms with Crippen molar-refractivity contribution < 1.29 is 14.0 Å². The summed E-state index contributed by atoms with van der Waals surface area (Å²) in [6.45, 7) is 0.593. The lowest BCUT2D eigenvalue weighted by Gasteiger charge is -2.08. The van der Waals surface area contributed by atoms with Crippen molar-refractivity contribution in [3.8, 4) is 0 Å². The average Bonchev–Trinajstić information content (AvgIpc) is 2.54. The van der Waals surface area contributed by atoms with Gasteiger partial charge in [-0.2, -0.15) is 0 Å². The average molecular weight is 335 g/mol. The summed E-state index contributed by atoms with van der Waals surface area (Å²) >= 11 is 5.93. The van der Waals surface area contributed by atoms with Crippen LogP contribution in [0.3, 0.4) is 0 Å². The zero-order valence-corrected chi connectivity index (χ0v) is 13.1. The molecule has 2 rings (SSSR count). The molecule has 0 fully saturated rings. The van der Waals surface area contributed by atoms with Gasteiger partial charge in [0.25, 0.3) is 5.91 Å². The fourth-order valence-electron chi connectivity index (χ4n) is 1.97. The van der Waals surface area contributed by atoms with E-state index in [0.717, 1.165) is 5.56 Å². The zero-order valence-electron chi connectivity index (χ0n) is 12.3. The SMILES string of the molecule is O=C(Cc1ccc(F)cc1)NCCNC(=O)c1ccccc1Cl. The largest absolute Gasteiger partial charge is 0.354 e. The van der Waals surface area contributed by atoms with Crippen molar-refractivity contribution in [3.05, 3.63) is 70.5 Å². The maximum atomic E-state index is 12.8. The van der Waals surface area contributed by atoms with E-state index in [1.807, 2.05) is 0 Å². The predicted molar refractivity (Wildman–Crippen MR) is 86.9 cm³/mol. The molecular formula is C17H16ClFN2O2. The summed E-state index contributed by atoms with van der Waals surface area (Å²) < 4.78 is 12.8. The Labute approximate surface area is 138 Å². The van der Waals surface area contributed by atoms with Crippen LogP contribution in [0.5, 0.6) is 0 Å². The normalized spacial score (nSPS) is 10.2. The number of rotatable bonds is 6. The fourth-order valence-corrected chi connectivity index (χ4v) is 2.19. The summed E-state index contributed by atoms with van der Waals surface area (Å²) in [6.07, 6.45) is 0.165. The summed E-state index contributed by atoms with van der Waals surface area (Å²) in [5.74, 6) is -0.816. The third-order valence-corrected chi connectivity index (χ3v) is 3.46. The van der Waals surface area contributed by atoms with E-state index in [9.17, 15) is 14.0 Å². The summed E-state index contributed by atoms with van der Waals surface area (Å²) in [5.41, 5.74) is 1.12. The minimum Gasteiger partial charge on any atom is -0.354 e. The first-order valence-corrected chi connectivity index (χ1v) is 7.48. The summed E-state index contributed by atoms with van der Waals surface area (Å²) in [6, 6.07) is 12.5. The number of amides is 2. The number of hydrogen-bond donors (Lipinski definition) is 2. The molecule has 0 unspecified atom stereocenters. The molecule has 2 amide bonds. The van der Waals surface area contributed by atoms with Crippen LogP contribution in [0.1, 0.15) is 15.9 Å². The number of carbonyl (C=O) groups excluding carboxylic acids is 2. The van der Waals surface area contributed by atoms with Gasteiger partial charge in [0.15, 0.2) is 0 Å². The second-order valence-corrected chi connectivity index (χ2v) is 5.30. The van der Waals surface area contributed by atoms with Gasteiger partial charge in [0.05, 0.1) is 17.0 Å². The van der Waals surface area contributed by atoms with Gasteiger partial charge in [-0.05, 0) is 29.8 Å². The first-order valence-electron chi connectivity index (χ1n) is 7.10. The Balaban J connectivity index is 1.71. The third-order valence-electron chi connectivity index (χ3n) is 3.13. The van der Waals surface area contributed by atoms with Crippen LogP contribution in [-0.2, 0) is 11.2 Å². The van der Waals surface area contributed by atoms with E-state index in [1.165, 1.54) is 12.1 Å². The van der Waals surface area contributed by atoms with E-state index in [-0.39, 0.29) is 24.1 Å². The van der Waals surface area contributed by atoms with Crippen molar-refractivity contribution in [1.29, 1.82) is 0 Å². The van der Waals surface area contributed by atoms with Gasteiger partial charge >= 0.3 is 0 Å². The molecule has 2 aromatic rings. The van der Waals surface area contributed by atoms with E-state index in [4.69, 9.17) is 11.6 Å². The topological polar surface area (TPSA) is 58.2 Å². The molecule has 0 saturated heterocycles. The molecule has 0 spiro atoms. The van der Waals surface area contributed by atoms with Gasteiger partial charge in [-0.15, -0.1) is 0 Å². The Morgan fingerprint density at radius 2 is 1.61 bits per heavy atom. The molecule has 0 radical (unpaired) electrons. The Hall–Kier alpha value is -2.40. The Kier molecular flexibility index (Phi) is 6.11. The number of nitrogens with one attached hydrogen (secondary N) is 2. The lowest BCUT2D eigenvalue weighted by atomic mass is 10.1. The minimum atomic E-state index is -0.337. The van der Waals surface area contributed by atoms with Gasteiger partial charge in [0, 0.05) is 13.1 Å². The molecule has 23 heavy (non-hydrogen) atoms. The Morgan fingerprint density at radius 3 is 2.30 bits per heavy atom. The van der Waals surface area contributed by atoms with Gasteiger partial charge in [-0.1, -0.05) is 35.9 Å². The molecule has 0 atom stereocenters. The van der Waals surface area contributed by atoms with Crippen LogP contribution in [0.25, 0.3) is 0 Å². The zero-order chi connectivity index (χ0) is 16.7. The molecule has 0 aliphatic carbocycles. The molecule has 0 aliphatic rings. The molecule has 0 bridgehead atoms. The van der Waals surface area contributed by atoms with Crippen LogP contribution in [0, 0.1) is 5.82 Å². The molecule has 0 heterocycles. The first kappa shape index (κ1) is 17.0. The number of carbonyl (C=O) groups is 2. The van der Waals surface area contributed by atoms with Crippen LogP contribution < -0.4 is 10.6 Å². The van der Waals surface area contributed by atoms with Gasteiger partial charge in [-0.25, -0.2) is 4.39 Å². The third kappa shape index (κ3) is 5.38. The maximum Gasteiger partial charge on any atom is 0.252 e. The summed E-state index contributed by atoms with van der Waals surface area (Å²) in [4.78, 5) is 23.6. The molecule has 0 aromatic heterocycles. The monoisotopic (exact) mass is 334 g/mol. The van der Waals surface area contributed by atoms with Gasteiger partial charge < -0.3 is 10.6 Å². The van der Waals surface area contributed by atoms with E-state index in [1.54, 1.807) is 36.4 Å². The minimum absolute atomic E-state index is 0.165. The van der Waals surface area contributed by atoms with Crippen molar-refractivity contribution >= 4 is 23.4 Å². The highest BCUT2D eigenvalue weighted by Gasteiger charge is 2.09. The van der Waals surface area contributed by atoms with E-state index in [0.29, 0.717) is 23.7 Å². The smallest absolute Gasteiger partial charge is 0.252 e. The highest BCUT2D eigenvalue weighted by molar-refractivity contribution is 6.33. The van der Waals surface area contributed by atoms with Crippen LogP contribution in [-0.4, -0.2) is 24.9 Å². The molecule has 0 saturated carbocycles. The Morgan fingerprint density at radius 1 is 0.957 bits per heavy atom. The van der Waals surface area contributed by atoms with Crippen LogP contribution >= 0.6 is 11.6 Å². The van der Waals surface area contributed by atoms with Crippen molar-refractivity contribution in [2.45, 2.75) is 6.42 Å². The van der Waals surface area contributed by atoms with Crippen molar-refractivity contribution in [2.24, 2.45) is 0 Å². The highest BCUT2D eigenvalue weighted by atomic mass is 35.5. The number of hydrogen-bond acceptors (Lipinski definition) is 2. The van der Waals surface area contributed by atoms with Gasteiger partial charge in [0.2, 0.25) is 5.91 Å². The van der Waals surface area contributed by atoms with Crippen molar-refractivity contribution in [1.82, 2.24) is 10.6 Å². The molecule has 6 heteroatoms. The lowest BCUT2D eigenvalue weighted by Crippen LogP contribution is -2.35. The molecular weight excluding hydrogens is 319 g/mol. The van der Waals surface area contributed by atoms with Crippen LogP contribution in [0.4, 0.5) is 4.39 Å². The summed E-state index contributed by atoms with van der Waals surface area (Å²) in [5, 5.41) is 5.75. The predicted octanol–water partition coefficient (Wildman–Crippen LogP) is 2.57. The number of halogens is 2. The Bertz CT molecular complexity index is 689. The fraction of sp³-hybridized carbons (Fsp3) is 0.176. The van der Waals surface area contributed by atoms with Gasteiger partial charge in [0.1, 0.15) is 5.82 Å². The first-order chi connectivity index (χ1) is 11.1. The second-order valence-electron chi connectivity index (χ2n) is 4.89. The van der Waals surface area contributed by atoms with Gasteiger partial charge in [-0.3, -0.25) is 9.59 Å². The highest BCUT2D eigenvalue weighted by Crippen LogP contribution is 2.14. The molecule has 2 aromatic carbocycles. The van der Waals surface area contributed by atoms with Crippen LogP contribution in [0.2, 0.25) is 5.02 Å². The lowest BCUT2D eigenvalue weighted by molar-refractivity contribution is -0.120. The van der Waals surface area contributed by atoms with Crippen molar-refractivity contribution in [3.63, 3.8) is 0 Å². The molecule has 120 valence electrons.